The monoisotopic (exact) mass is 343 g/mol. The molecule has 7 nitrogen and oxygen atoms in total. The van der Waals surface area contributed by atoms with Gasteiger partial charge >= 0.3 is 5.97 Å². The fourth-order valence-corrected chi connectivity index (χ4v) is 1.76. The molecule has 0 unspecified atom stereocenters. The summed E-state index contributed by atoms with van der Waals surface area (Å²) in [5, 5.41) is 5.49. The molecule has 0 fully saturated rings. The molecular formula is C14H12F3N3O4. The van der Waals surface area contributed by atoms with E-state index in [2.05, 4.69) is 10.5 Å². The number of rotatable bonds is 4. The molecule has 0 radical (unpaired) electrons. The fourth-order valence-electron chi connectivity index (χ4n) is 1.76. The number of benzene rings is 1. The van der Waals surface area contributed by atoms with Gasteiger partial charge in [0.25, 0.3) is 5.91 Å². The first-order valence-electron chi connectivity index (χ1n) is 6.80. The van der Waals surface area contributed by atoms with E-state index in [1.807, 2.05) is 5.32 Å². The molecule has 10 heteroatoms. The van der Waals surface area contributed by atoms with Gasteiger partial charge in [-0.1, -0.05) is 0 Å². The normalized spacial score (nSPS) is 15.2. The van der Waals surface area contributed by atoms with Gasteiger partial charge < -0.3 is 10.1 Å². The van der Waals surface area contributed by atoms with Crippen molar-refractivity contribution in [2.45, 2.75) is 25.9 Å². The molecule has 1 aliphatic heterocycles. The van der Waals surface area contributed by atoms with Crippen molar-refractivity contribution in [3.63, 3.8) is 0 Å². The SMILES string of the molecule is C[C@H](OC(=O)C1=NNC(=O)CC1)C(=O)Nc1ccc(F)c(F)c1F. The van der Waals surface area contributed by atoms with Crippen LogP contribution in [0.3, 0.4) is 0 Å². The van der Waals surface area contributed by atoms with Crippen LogP contribution in [0.25, 0.3) is 0 Å². The molecule has 1 aliphatic rings. The van der Waals surface area contributed by atoms with Gasteiger partial charge in [-0.15, -0.1) is 0 Å². The number of hydrogen-bond acceptors (Lipinski definition) is 5. The molecule has 128 valence electrons. The minimum Gasteiger partial charge on any atom is -0.448 e. The number of anilines is 1. The number of nitrogens with zero attached hydrogens (tertiary/aromatic N) is 1. The highest BCUT2D eigenvalue weighted by Gasteiger charge is 2.25. The first-order valence-corrected chi connectivity index (χ1v) is 6.80. The summed E-state index contributed by atoms with van der Waals surface area (Å²) in [6, 6.07) is 1.48. The molecule has 0 aliphatic carbocycles. The van der Waals surface area contributed by atoms with E-state index in [9.17, 15) is 27.6 Å². The van der Waals surface area contributed by atoms with E-state index >= 15 is 0 Å². The molecule has 1 heterocycles. The molecule has 0 saturated heterocycles. The Morgan fingerprint density at radius 3 is 2.58 bits per heavy atom. The lowest BCUT2D eigenvalue weighted by Crippen LogP contribution is -2.36. The molecule has 1 aromatic carbocycles. The number of halogens is 3. The average molecular weight is 343 g/mol. The van der Waals surface area contributed by atoms with Crippen LogP contribution in [0.15, 0.2) is 17.2 Å². The Kier molecular flexibility index (Phi) is 5.17. The summed E-state index contributed by atoms with van der Waals surface area (Å²) in [7, 11) is 0. The van der Waals surface area contributed by atoms with Crippen LogP contribution in [0.5, 0.6) is 0 Å². The smallest absolute Gasteiger partial charge is 0.355 e. The summed E-state index contributed by atoms with van der Waals surface area (Å²) in [4.78, 5) is 34.5. The predicted octanol–water partition coefficient (Wildman–Crippen LogP) is 1.24. The van der Waals surface area contributed by atoms with Crippen LogP contribution in [-0.2, 0) is 19.1 Å². The van der Waals surface area contributed by atoms with Crippen LogP contribution in [0.4, 0.5) is 18.9 Å². The van der Waals surface area contributed by atoms with Crippen molar-refractivity contribution in [1.82, 2.24) is 5.43 Å². The number of ether oxygens (including phenoxy) is 1. The first kappa shape index (κ1) is 17.4. The van der Waals surface area contributed by atoms with E-state index in [1.165, 1.54) is 6.92 Å². The topological polar surface area (TPSA) is 96.9 Å². The zero-order valence-corrected chi connectivity index (χ0v) is 12.4. The lowest BCUT2D eigenvalue weighted by molar-refractivity contribution is -0.146. The second kappa shape index (κ2) is 7.11. The van der Waals surface area contributed by atoms with E-state index in [1.54, 1.807) is 0 Å². The summed E-state index contributed by atoms with van der Waals surface area (Å²) in [5.41, 5.74) is 1.43. The van der Waals surface area contributed by atoms with Gasteiger partial charge in [-0.25, -0.2) is 23.4 Å². The third-order valence-electron chi connectivity index (χ3n) is 3.09. The van der Waals surface area contributed by atoms with Crippen LogP contribution in [0.1, 0.15) is 19.8 Å². The number of carbonyl (C=O) groups excluding carboxylic acids is 3. The number of hydrazone groups is 1. The molecule has 0 bridgehead atoms. The van der Waals surface area contributed by atoms with Crippen molar-refractivity contribution in [1.29, 1.82) is 0 Å². The Labute approximate surface area is 133 Å². The third-order valence-corrected chi connectivity index (χ3v) is 3.09. The van der Waals surface area contributed by atoms with E-state index in [0.29, 0.717) is 6.07 Å². The molecule has 2 rings (SSSR count). The van der Waals surface area contributed by atoms with Gasteiger partial charge in [0.15, 0.2) is 23.6 Å². The summed E-state index contributed by atoms with van der Waals surface area (Å²) in [6.45, 7) is 1.20. The fraction of sp³-hybridized carbons (Fsp3) is 0.286. The Hall–Kier alpha value is -2.91. The number of nitrogens with one attached hydrogen (secondary N) is 2. The highest BCUT2D eigenvalue weighted by molar-refractivity contribution is 6.37. The summed E-state index contributed by atoms with van der Waals surface area (Å²) >= 11 is 0. The molecule has 1 atom stereocenters. The van der Waals surface area contributed by atoms with Crippen molar-refractivity contribution >= 4 is 29.2 Å². The van der Waals surface area contributed by atoms with Crippen LogP contribution in [0.2, 0.25) is 0 Å². The van der Waals surface area contributed by atoms with E-state index in [4.69, 9.17) is 4.74 Å². The lowest BCUT2D eigenvalue weighted by atomic mass is 10.2. The van der Waals surface area contributed by atoms with Gasteiger partial charge in [0.2, 0.25) is 5.91 Å². The Morgan fingerprint density at radius 2 is 1.96 bits per heavy atom. The number of hydrogen-bond donors (Lipinski definition) is 2. The second-order valence-electron chi connectivity index (χ2n) is 4.85. The highest BCUT2D eigenvalue weighted by atomic mass is 19.2. The summed E-state index contributed by atoms with van der Waals surface area (Å²) < 4.78 is 44.2. The maximum absolute atomic E-state index is 13.5. The third kappa shape index (κ3) is 3.89. The van der Waals surface area contributed by atoms with Crippen molar-refractivity contribution in [3.05, 3.63) is 29.6 Å². The number of esters is 1. The van der Waals surface area contributed by atoms with E-state index in [0.717, 1.165) is 6.07 Å². The van der Waals surface area contributed by atoms with Crippen molar-refractivity contribution in [3.8, 4) is 0 Å². The number of amides is 2. The van der Waals surface area contributed by atoms with Gasteiger partial charge in [0.05, 0.1) is 5.69 Å². The standard InChI is InChI=1S/C14H12F3N3O4/c1-6(24-14(23)9-4-5-10(21)20-19-9)13(22)18-8-3-2-7(15)11(16)12(8)17/h2-3,6H,4-5H2,1H3,(H,18,22)(H,20,21)/t6-/m0/s1. The Balaban J connectivity index is 1.99. The Morgan fingerprint density at radius 1 is 1.25 bits per heavy atom. The quantitative estimate of drug-likeness (QED) is 0.635. The van der Waals surface area contributed by atoms with Gasteiger partial charge in [0, 0.05) is 12.8 Å². The van der Waals surface area contributed by atoms with Gasteiger partial charge in [-0.2, -0.15) is 5.10 Å². The first-order chi connectivity index (χ1) is 11.3. The van der Waals surface area contributed by atoms with Crippen molar-refractivity contribution in [2.24, 2.45) is 5.10 Å². The summed E-state index contributed by atoms with van der Waals surface area (Å²) in [6.07, 6.45) is -1.25. The molecule has 0 saturated carbocycles. The molecule has 2 N–H and O–H groups in total. The minimum atomic E-state index is -1.73. The summed E-state index contributed by atoms with van der Waals surface area (Å²) in [5.74, 6) is -6.93. The highest BCUT2D eigenvalue weighted by Crippen LogP contribution is 2.20. The maximum atomic E-state index is 13.5. The lowest BCUT2D eigenvalue weighted by Gasteiger charge is -2.16. The average Bonchev–Trinajstić information content (AvgIpc) is 2.55. The maximum Gasteiger partial charge on any atom is 0.355 e. The minimum absolute atomic E-state index is 0.0502. The van der Waals surface area contributed by atoms with Crippen LogP contribution < -0.4 is 10.7 Å². The van der Waals surface area contributed by atoms with Gasteiger partial charge in [-0.3, -0.25) is 9.59 Å². The zero-order valence-electron chi connectivity index (χ0n) is 12.4. The van der Waals surface area contributed by atoms with E-state index in [-0.39, 0.29) is 24.5 Å². The van der Waals surface area contributed by atoms with E-state index < -0.39 is 41.1 Å². The predicted molar refractivity (Wildman–Crippen MR) is 75.3 cm³/mol. The largest absolute Gasteiger partial charge is 0.448 e. The van der Waals surface area contributed by atoms with Gasteiger partial charge in [0.1, 0.15) is 5.71 Å². The molecule has 24 heavy (non-hydrogen) atoms. The number of carbonyl (C=O) groups is 3. The molecule has 2 amide bonds. The molecular weight excluding hydrogens is 331 g/mol. The molecule has 0 spiro atoms. The van der Waals surface area contributed by atoms with Crippen LogP contribution in [0, 0.1) is 17.5 Å². The Bertz CT molecular complexity index is 736. The van der Waals surface area contributed by atoms with Crippen molar-refractivity contribution < 1.29 is 32.3 Å². The van der Waals surface area contributed by atoms with Gasteiger partial charge in [-0.05, 0) is 19.1 Å². The van der Waals surface area contributed by atoms with Crippen molar-refractivity contribution in [2.75, 3.05) is 5.32 Å². The molecule has 1 aromatic rings. The van der Waals surface area contributed by atoms with Crippen LogP contribution >= 0.6 is 0 Å². The molecule has 0 aromatic heterocycles. The van der Waals surface area contributed by atoms with Crippen LogP contribution in [-0.4, -0.2) is 29.6 Å². The second-order valence-corrected chi connectivity index (χ2v) is 4.85. The zero-order chi connectivity index (χ0) is 17.9.